The lowest BCUT2D eigenvalue weighted by Crippen LogP contribution is -2.02. The zero-order valence-corrected chi connectivity index (χ0v) is 9.55. The van der Waals surface area contributed by atoms with Gasteiger partial charge in [-0.15, -0.1) is 0 Å². The number of benzene rings is 1. The highest BCUT2D eigenvalue weighted by Crippen LogP contribution is 2.23. The Morgan fingerprint density at radius 1 is 1.25 bits per heavy atom. The van der Waals surface area contributed by atoms with Crippen molar-refractivity contribution in [3.63, 3.8) is 0 Å². The predicted octanol–water partition coefficient (Wildman–Crippen LogP) is 0.765. The van der Waals surface area contributed by atoms with E-state index >= 15 is 0 Å². The van der Waals surface area contributed by atoms with E-state index in [-0.39, 0.29) is 4.90 Å². The van der Waals surface area contributed by atoms with Crippen LogP contribution in [0.4, 0.5) is 5.69 Å². The zero-order valence-electron chi connectivity index (χ0n) is 7.91. The molecular formula is C8H8NO5S2. The molecule has 0 heterocycles. The second-order valence-corrected chi connectivity index (χ2v) is 6.13. The predicted molar refractivity (Wildman–Crippen MR) is 56.4 cm³/mol. The van der Waals surface area contributed by atoms with Crippen LogP contribution in [0.2, 0.25) is 0 Å². The van der Waals surface area contributed by atoms with E-state index in [2.05, 4.69) is 6.58 Å². The van der Waals surface area contributed by atoms with E-state index in [1.807, 2.05) is 0 Å². The van der Waals surface area contributed by atoms with E-state index in [9.17, 15) is 16.8 Å². The maximum atomic E-state index is 11.3. The number of sulfone groups is 1. The average molecular weight is 262 g/mol. The molecule has 0 unspecified atom stereocenters. The van der Waals surface area contributed by atoms with Crippen LogP contribution in [-0.4, -0.2) is 21.4 Å². The molecule has 0 spiro atoms. The third kappa shape index (κ3) is 2.40. The van der Waals surface area contributed by atoms with Crippen LogP contribution in [0.15, 0.2) is 40.0 Å². The highest BCUT2D eigenvalue weighted by molar-refractivity contribution is 7.94. The van der Waals surface area contributed by atoms with Gasteiger partial charge in [-0.2, -0.15) is 8.42 Å². The summed E-state index contributed by atoms with van der Waals surface area (Å²) in [6.07, 6.45) is 0. The van der Waals surface area contributed by atoms with Crippen LogP contribution in [0.3, 0.4) is 0 Å². The first-order valence-corrected chi connectivity index (χ1v) is 6.88. The van der Waals surface area contributed by atoms with Gasteiger partial charge in [0.25, 0.3) is 10.1 Å². The van der Waals surface area contributed by atoms with Crippen molar-refractivity contribution in [2.45, 2.75) is 9.79 Å². The molecule has 0 aliphatic rings. The van der Waals surface area contributed by atoms with Crippen molar-refractivity contribution in [2.24, 2.45) is 0 Å². The molecule has 0 bridgehead atoms. The molecule has 1 rings (SSSR count). The van der Waals surface area contributed by atoms with Gasteiger partial charge in [0.2, 0.25) is 0 Å². The normalized spacial score (nSPS) is 12.3. The number of hydrogen-bond donors (Lipinski definition) is 1. The average Bonchev–Trinajstić information content (AvgIpc) is 2.15. The van der Waals surface area contributed by atoms with Gasteiger partial charge in [-0.1, -0.05) is 6.58 Å². The summed E-state index contributed by atoms with van der Waals surface area (Å²) >= 11 is 0. The van der Waals surface area contributed by atoms with Crippen LogP contribution in [0.5, 0.6) is 0 Å². The zero-order chi connectivity index (χ0) is 12.6. The third-order valence-corrected chi connectivity index (χ3v) is 4.04. The van der Waals surface area contributed by atoms with Crippen LogP contribution >= 0.6 is 0 Å². The van der Waals surface area contributed by atoms with Gasteiger partial charge in [0, 0.05) is 5.41 Å². The number of rotatable bonds is 3. The van der Waals surface area contributed by atoms with E-state index < -0.39 is 30.5 Å². The fourth-order valence-electron chi connectivity index (χ4n) is 1.01. The molecular weight excluding hydrogens is 254 g/mol. The molecule has 8 heteroatoms. The Labute approximate surface area is 93.1 Å². The van der Waals surface area contributed by atoms with Crippen molar-refractivity contribution in [1.82, 2.24) is 5.73 Å². The van der Waals surface area contributed by atoms with Crippen molar-refractivity contribution >= 4 is 25.6 Å². The Hall–Kier alpha value is -1.38. The van der Waals surface area contributed by atoms with E-state index in [4.69, 9.17) is 10.3 Å². The van der Waals surface area contributed by atoms with E-state index in [0.717, 1.165) is 18.2 Å². The van der Waals surface area contributed by atoms with Gasteiger partial charge in [0.15, 0.2) is 9.84 Å². The van der Waals surface area contributed by atoms with Gasteiger partial charge >= 0.3 is 0 Å². The first-order valence-electron chi connectivity index (χ1n) is 3.89. The van der Waals surface area contributed by atoms with Gasteiger partial charge in [0.05, 0.1) is 10.6 Å². The largest absolute Gasteiger partial charge is 0.299 e. The fourth-order valence-corrected chi connectivity index (χ4v) is 2.32. The molecule has 0 aliphatic heterocycles. The molecule has 0 saturated carbocycles. The van der Waals surface area contributed by atoms with E-state index in [0.29, 0.717) is 5.41 Å². The minimum atomic E-state index is -4.51. The molecule has 0 aliphatic carbocycles. The molecule has 0 aromatic heterocycles. The van der Waals surface area contributed by atoms with Crippen molar-refractivity contribution in [3.8, 4) is 0 Å². The van der Waals surface area contributed by atoms with Gasteiger partial charge in [-0.25, -0.2) is 8.42 Å². The summed E-state index contributed by atoms with van der Waals surface area (Å²) in [5.41, 5.74) is 6.69. The SMILES string of the molecule is C=CS(=O)(=O)c1ccc(S(=O)(=O)O)c([NH])c1. The molecule has 0 saturated heterocycles. The molecule has 1 aromatic rings. The van der Waals surface area contributed by atoms with Crippen LogP contribution in [0, 0.1) is 0 Å². The third-order valence-electron chi connectivity index (χ3n) is 1.78. The molecule has 1 aromatic carbocycles. The van der Waals surface area contributed by atoms with Gasteiger partial charge in [-0.3, -0.25) is 10.3 Å². The summed E-state index contributed by atoms with van der Waals surface area (Å²) < 4.78 is 52.8. The Kier molecular flexibility index (Phi) is 3.08. The molecule has 1 radical (unpaired) electrons. The molecule has 87 valence electrons. The second kappa shape index (κ2) is 3.89. The minimum absolute atomic E-state index is 0.250. The highest BCUT2D eigenvalue weighted by Gasteiger charge is 2.17. The first kappa shape index (κ1) is 12.7. The lowest BCUT2D eigenvalue weighted by atomic mass is 10.3. The van der Waals surface area contributed by atoms with Crippen LogP contribution < -0.4 is 5.73 Å². The fraction of sp³-hybridized carbons (Fsp3) is 0. The van der Waals surface area contributed by atoms with Gasteiger partial charge < -0.3 is 0 Å². The molecule has 0 fully saturated rings. The lowest BCUT2D eigenvalue weighted by Gasteiger charge is -2.03. The molecule has 6 nitrogen and oxygen atoms in total. The molecule has 2 N–H and O–H groups in total. The standard InChI is InChI=1S/C8H8NO5S2/c1-2-15(10,11)6-3-4-8(7(9)5-6)16(12,13)14/h2-5,9H,1H2,(H,12,13,14). The van der Waals surface area contributed by atoms with Crippen molar-refractivity contribution in [1.29, 1.82) is 0 Å². The van der Waals surface area contributed by atoms with Crippen LogP contribution in [0.25, 0.3) is 0 Å². The second-order valence-electron chi connectivity index (χ2n) is 2.84. The smallest absolute Gasteiger partial charge is 0.296 e. The summed E-state index contributed by atoms with van der Waals surface area (Å²) in [4.78, 5) is -0.893. The van der Waals surface area contributed by atoms with E-state index in [1.54, 1.807) is 0 Å². The number of nitrogens with one attached hydrogen (secondary N) is 1. The van der Waals surface area contributed by atoms with Gasteiger partial charge in [0.1, 0.15) is 4.90 Å². The Balaban J connectivity index is 3.48. The molecule has 16 heavy (non-hydrogen) atoms. The first-order chi connectivity index (χ1) is 7.18. The van der Waals surface area contributed by atoms with E-state index in [1.165, 1.54) is 0 Å². The number of hydrogen-bond acceptors (Lipinski definition) is 4. The van der Waals surface area contributed by atoms with Gasteiger partial charge in [-0.05, 0) is 18.2 Å². The van der Waals surface area contributed by atoms with Crippen molar-refractivity contribution in [3.05, 3.63) is 30.2 Å². The van der Waals surface area contributed by atoms with Crippen molar-refractivity contribution < 1.29 is 21.4 Å². The molecule has 0 atom stereocenters. The Morgan fingerprint density at radius 2 is 1.81 bits per heavy atom. The minimum Gasteiger partial charge on any atom is -0.299 e. The summed E-state index contributed by atoms with van der Waals surface area (Å²) in [5.74, 6) is 0. The summed E-state index contributed by atoms with van der Waals surface area (Å²) in [5, 5.41) is 0.689. The Morgan fingerprint density at radius 3 is 2.19 bits per heavy atom. The van der Waals surface area contributed by atoms with Crippen LogP contribution in [-0.2, 0) is 20.0 Å². The monoisotopic (exact) mass is 262 g/mol. The molecule has 0 amide bonds. The topological polar surface area (TPSA) is 112 Å². The maximum Gasteiger partial charge on any atom is 0.296 e. The van der Waals surface area contributed by atoms with Crippen molar-refractivity contribution in [2.75, 3.05) is 0 Å². The van der Waals surface area contributed by atoms with Crippen LogP contribution in [0.1, 0.15) is 0 Å². The Bertz CT molecular complexity index is 630. The summed E-state index contributed by atoms with van der Waals surface area (Å²) in [6, 6.07) is 2.67. The lowest BCUT2D eigenvalue weighted by molar-refractivity contribution is 0.483. The highest BCUT2D eigenvalue weighted by atomic mass is 32.2. The summed E-state index contributed by atoms with van der Waals surface area (Å²) in [7, 11) is -8.23. The maximum absolute atomic E-state index is 11.3. The summed E-state index contributed by atoms with van der Waals surface area (Å²) in [6.45, 7) is 3.09. The quantitative estimate of drug-likeness (QED) is 0.808.